The van der Waals surface area contributed by atoms with Gasteiger partial charge in [-0.25, -0.2) is 14.8 Å². The van der Waals surface area contributed by atoms with Crippen molar-refractivity contribution in [1.82, 2.24) is 20.3 Å². The first-order chi connectivity index (χ1) is 14.7. The highest BCUT2D eigenvalue weighted by Crippen LogP contribution is 2.22. The minimum atomic E-state index is -0.249. The lowest BCUT2D eigenvalue weighted by atomic mass is 10.2. The van der Waals surface area contributed by atoms with Gasteiger partial charge in [0.25, 0.3) is 0 Å². The van der Waals surface area contributed by atoms with E-state index in [0.717, 1.165) is 25.7 Å². The number of anilines is 1. The van der Waals surface area contributed by atoms with E-state index in [1.807, 2.05) is 19.1 Å². The first-order valence-corrected chi connectivity index (χ1v) is 10.2. The van der Waals surface area contributed by atoms with Crippen LogP contribution in [0.2, 0.25) is 0 Å². The molecular weight excluding hydrogens is 386 g/mol. The van der Waals surface area contributed by atoms with Crippen molar-refractivity contribution in [3.05, 3.63) is 36.2 Å². The molecule has 3 heterocycles. The Morgan fingerprint density at radius 2 is 2.03 bits per heavy atom. The maximum absolute atomic E-state index is 12.2. The number of carbonyl (C=O) groups excluding carboxylic acids is 1. The molecule has 1 fully saturated rings. The lowest BCUT2D eigenvalue weighted by Gasteiger charge is -2.12. The molecule has 0 unspecified atom stereocenters. The highest BCUT2D eigenvalue weighted by molar-refractivity contribution is 5.89. The summed E-state index contributed by atoms with van der Waals surface area (Å²) < 4.78 is 16.3. The number of nitrogens with zero attached hydrogens (tertiary/aromatic N) is 3. The average Bonchev–Trinajstić information content (AvgIpc) is 3.43. The Hall–Kier alpha value is -3.04. The van der Waals surface area contributed by atoms with Gasteiger partial charge in [0.15, 0.2) is 11.4 Å². The van der Waals surface area contributed by atoms with Crippen molar-refractivity contribution in [3.63, 3.8) is 0 Å². The largest absolute Gasteiger partial charge is 0.457 e. The van der Waals surface area contributed by atoms with Crippen LogP contribution in [0, 0.1) is 0 Å². The third-order valence-electron chi connectivity index (χ3n) is 4.87. The molecule has 0 saturated heterocycles. The SMILES string of the molecule is CCOCOCc1ccc(-c2cnc3ccc(NC(=O)NC4CCCC4)nc3n2)o1. The van der Waals surface area contributed by atoms with Crippen LogP contribution in [0.4, 0.5) is 10.6 Å². The molecule has 9 nitrogen and oxygen atoms in total. The fourth-order valence-electron chi connectivity index (χ4n) is 3.37. The van der Waals surface area contributed by atoms with Crippen molar-refractivity contribution < 1.29 is 18.7 Å². The van der Waals surface area contributed by atoms with Crippen molar-refractivity contribution in [2.45, 2.75) is 45.3 Å². The molecule has 0 bridgehead atoms. The number of nitrogens with one attached hydrogen (secondary N) is 2. The number of rotatable bonds is 8. The van der Waals surface area contributed by atoms with Gasteiger partial charge in [-0.05, 0) is 44.0 Å². The second-order valence-corrected chi connectivity index (χ2v) is 7.10. The fourth-order valence-corrected chi connectivity index (χ4v) is 3.37. The zero-order valence-electron chi connectivity index (χ0n) is 16.9. The zero-order valence-corrected chi connectivity index (χ0v) is 16.9. The predicted molar refractivity (Wildman–Crippen MR) is 111 cm³/mol. The van der Waals surface area contributed by atoms with E-state index >= 15 is 0 Å². The lowest BCUT2D eigenvalue weighted by Crippen LogP contribution is -2.36. The molecule has 0 aliphatic heterocycles. The number of hydrogen-bond acceptors (Lipinski definition) is 7. The summed E-state index contributed by atoms with van der Waals surface area (Å²) in [5, 5.41) is 5.76. The molecule has 2 amide bonds. The highest BCUT2D eigenvalue weighted by Gasteiger charge is 2.17. The summed E-state index contributed by atoms with van der Waals surface area (Å²) in [5.74, 6) is 1.66. The van der Waals surface area contributed by atoms with Crippen molar-refractivity contribution in [3.8, 4) is 11.5 Å². The van der Waals surface area contributed by atoms with Crippen molar-refractivity contribution >= 4 is 23.0 Å². The Kier molecular flexibility index (Phi) is 6.50. The summed E-state index contributed by atoms with van der Waals surface area (Å²) in [6.45, 7) is 3.03. The van der Waals surface area contributed by atoms with Gasteiger partial charge < -0.3 is 19.2 Å². The van der Waals surface area contributed by atoms with E-state index in [4.69, 9.17) is 13.9 Å². The predicted octanol–water partition coefficient (Wildman–Crippen LogP) is 3.86. The molecule has 0 atom stereocenters. The maximum Gasteiger partial charge on any atom is 0.320 e. The van der Waals surface area contributed by atoms with Crippen molar-refractivity contribution in [1.29, 1.82) is 0 Å². The van der Waals surface area contributed by atoms with Crippen LogP contribution in [-0.4, -0.2) is 40.4 Å². The molecule has 0 spiro atoms. The molecule has 2 N–H and O–H groups in total. The van der Waals surface area contributed by atoms with Gasteiger partial charge in [-0.2, -0.15) is 0 Å². The summed E-state index contributed by atoms with van der Waals surface area (Å²) in [7, 11) is 0. The summed E-state index contributed by atoms with van der Waals surface area (Å²) in [5.41, 5.74) is 1.61. The zero-order chi connectivity index (χ0) is 20.8. The van der Waals surface area contributed by atoms with Crippen LogP contribution < -0.4 is 10.6 Å². The minimum absolute atomic E-state index is 0.219. The number of carbonyl (C=O) groups is 1. The minimum Gasteiger partial charge on any atom is -0.457 e. The van der Waals surface area contributed by atoms with E-state index in [0.29, 0.717) is 47.4 Å². The highest BCUT2D eigenvalue weighted by atomic mass is 16.7. The number of pyridine rings is 1. The van der Waals surface area contributed by atoms with Crippen molar-refractivity contribution in [2.24, 2.45) is 0 Å². The molecule has 30 heavy (non-hydrogen) atoms. The second kappa shape index (κ2) is 9.64. The molecule has 9 heteroatoms. The number of hydrogen-bond donors (Lipinski definition) is 2. The number of aromatic nitrogens is 3. The molecule has 1 aliphatic carbocycles. The lowest BCUT2D eigenvalue weighted by molar-refractivity contribution is -0.0613. The van der Waals surface area contributed by atoms with Gasteiger partial charge in [-0.1, -0.05) is 12.8 Å². The van der Waals surface area contributed by atoms with Gasteiger partial charge in [-0.15, -0.1) is 0 Å². The van der Waals surface area contributed by atoms with Gasteiger partial charge in [0.2, 0.25) is 0 Å². The number of urea groups is 1. The van der Waals surface area contributed by atoms with E-state index in [9.17, 15) is 4.79 Å². The Bertz CT molecular complexity index is 1000. The third kappa shape index (κ3) is 5.11. The van der Waals surface area contributed by atoms with Gasteiger partial charge in [0, 0.05) is 12.6 Å². The maximum atomic E-state index is 12.2. The fraction of sp³-hybridized carbons (Fsp3) is 0.429. The van der Waals surface area contributed by atoms with Crippen molar-refractivity contribution in [2.75, 3.05) is 18.7 Å². The van der Waals surface area contributed by atoms with Gasteiger partial charge in [0.05, 0.1) is 6.20 Å². The van der Waals surface area contributed by atoms with E-state index in [-0.39, 0.29) is 18.9 Å². The standard InChI is InChI=1S/C21H25N5O4/c1-2-28-13-29-12-15-7-9-18(30-15)17-11-22-16-8-10-19(25-20(16)24-17)26-21(27)23-14-5-3-4-6-14/h7-11,14H,2-6,12-13H2,1H3,(H2,23,24,25,26,27). The smallest absolute Gasteiger partial charge is 0.320 e. The second-order valence-electron chi connectivity index (χ2n) is 7.10. The van der Waals surface area contributed by atoms with Crippen LogP contribution >= 0.6 is 0 Å². The topological polar surface area (TPSA) is 111 Å². The van der Waals surface area contributed by atoms with Gasteiger partial charge >= 0.3 is 6.03 Å². The molecule has 158 valence electrons. The van der Waals surface area contributed by atoms with Crippen LogP contribution in [0.3, 0.4) is 0 Å². The van der Waals surface area contributed by atoms with Crippen LogP contribution in [0.15, 0.2) is 34.9 Å². The average molecular weight is 411 g/mol. The summed E-state index contributed by atoms with van der Waals surface area (Å²) in [6.07, 6.45) is 5.99. The normalized spacial score (nSPS) is 14.3. The molecule has 0 aromatic carbocycles. The summed E-state index contributed by atoms with van der Waals surface area (Å²) in [6, 6.07) is 7.12. The van der Waals surface area contributed by atoms with Crippen LogP contribution in [-0.2, 0) is 16.1 Å². The van der Waals surface area contributed by atoms with E-state index in [1.165, 1.54) is 0 Å². The van der Waals surface area contributed by atoms with Crippen LogP contribution in [0.25, 0.3) is 22.6 Å². The number of amides is 2. The Morgan fingerprint density at radius 3 is 2.87 bits per heavy atom. The quantitative estimate of drug-likeness (QED) is 0.428. The Labute approximate surface area is 174 Å². The third-order valence-corrected chi connectivity index (χ3v) is 4.87. The molecule has 1 saturated carbocycles. The first-order valence-electron chi connectivity index (χ1n) is 10.2. The Balaban J connectivity index is 1.44. The van der Waals surface area contributed by atoms with E-state index < -0.39 is 0 Å². The van der Waals surface area contributed by atoms with Crippen LogP contribution in [0.5, 0.6) is 0 Å². The molecule has 1 aliphatic rings. The number of fused-ring (bicyclic) bond motifs is 1. The summed E-state index contributed by atoms with van der Waals surface area (Å²) >= 11 is 0. The first kappa shape index (κ1) is 20.2. The van der Waals surface area contributed by atoms with E-state index in [2.05, 4.69) is 25.6 Å². The van der Waals surface area contributed by atoms with Crippen LogP contribution in [0.1, 0.15) is 38.4 Å². The monoisotopic (exact) mass is 411 g/mol. The number of furan rings is 1. The summed E-state index contributed by atoms with van der Waals surface area (Å²) in [4.78, 5) is 25.5. The molecular formula is C21H25N5O4. The molecule has 0 radical (unpaired) electrons. The number of ether oxygens (including phenoxy) is 2. The van der Waals surface area contributed by atoms with Gasteiger partial charge in [-0.3, -0.25) is 10.3 Å². The molecule has 4 rings (SSSR count). The molecule has 3 aromatic heterocycles. The van der Waals surface area contributed by atoms with E-state index in [1.54, 1.807) is 18.3 Å². The Morgan fingerprint density at radius 1 is 1.17 bits per heavy atom. The van der Waals surface area contributed by atoms with Gasteiger partial charge in [0.1, 0.15) is 36.2 Å². The molecule has 3 aromatic rings.